The lowest BCUT2D eigenvalue weighted by molar-refractivity contribution is -0.119. The van der Waals surface area contributed by atoms with Crippen molar-refractivity contribution < 1.29 is 22.7 Å². The summed E-state index contributed by atoms with van der Waals surface area (Å²) in [4.78, 5) is 26.3. The number of benzene rings is 1. The number of carbonyl (C=O) groups is 2. The van der Waals surface area contributed by atoms with Crippen molar-refractivity contribution in [2.24, 2.45) is 0 Å². The summed E-state index contributed by atoms with van der Waals surface area (Å²) in [6.45, 7) is 10.7. The second kappa shape index (κ2) is 10.3. The van der Waals surface area contributed by atoms with E-state index >= 15 is 0 Å². The van der Waals surface area contributed by atoms with E-state index in [1.165, 1.54) is 13.8 Å². The lowest BCUT2D eigenvalue weighted by atomic mass is 10.1. The molecule has 0 radical (unpaired) electrons. The van der Waals surface area contributed by atoms with Gasteiger partial charge in [0.15, 0.2) is 0 Å². The molecule has 0 saturated carbocycles. The lowest BCUT2D eigenvalue weighted by Gasteiger charge is -2.37. The van der Waals surface area contributed by atoms with Crippen molar-refractivity contribution in [3.8, 4) is 0 Å². The van der Waals surface area contributed by atoms with E-state index in [-0.39, 0.29) is 37.4 Å². The number of hydrogen-bond donors (Lipinski definition) is 2. The normalized spacial score (nSPS) is 19.6. The third-order valence-corrected chi connectivity index (χ3v) is 6.71. The van der Waals surface area contributed by atoms with Gasteiger partial charge in [-0.3, -0.25) is 14.3 Å². The molecule has 0 aromatic heterocycles. The van der Waals surface area contributed by atoms with Gasteiger partial charge in [0.25, 0.3) is 0 Å². The van der Waals surface area contributed by atoms with Crippen molar-refractivity contribution >= 4 is 33.2 Å². The smallest absolute Gasteiger partial charge is 0.237 e. The minimum Gasteiger partial charge on any atom is -0.372 e. The van der Waals surface area contributed by atoms with E-state index in [2.05, 4.69) is 24.1 Å². The molecule has 0 bridgehead atoms. The highest BCUT2D eigenvalue weighted by Gasteiger charge is 2.23. The zero-order valence-corrected chi connectivity index (χ0v) is 19.2. The zero-order chi connectivity index (χ0) is 22.5. The summed E-state index contributed by atoms with van der Waals surface area (Å²) in [7, 11) is -3.63. The summed E-state index contributed by atoms with van der Waals surface area (Å²) in [6.07, 6.45) is 0.716. The number of ether oxygens (including phenoxy) is 1. The lowest BCUT2D eigenvalue weighted by Crippen LogP contribution is -2.45. The third kappa shape index (κ3) is 6.98. The van der Waals surface area contributed by atoms with Crippen LogP contribution in [0.5, 0.6) is 0 Å². The van der Waals surface area contributed by atoms with Gasteiger partial charge in [0, 0.05) is 37.3 Å². The topological polar surface area (TPSA) is 105 Å². The van der Waals surface area contributed by atoms with Gasteiger partial charge in [-0.25, -0.2) is 8.42 Å². The first-order valence-electron chi connectivity index (χ1n) is 10.3. The minimum atomic E-state index is -3.63. The van der Waals surface area contributed by atoms with Crippen LogP contribution in [0.25, 0.3) is 0 Å². The van der Waals surface area contributed by atoms with Crippen LogP contribution >= 0.6 is 0 Å². The highest BCUT2D eigenvalue weighted by molar-refractivity contribution is 7.90. The fraction of sp³-hybridized carbons (Fsp3) is 0.619. The first kappa shape index (κ1) is 24.1. The molecule has 1 unspecified atom stereocenters. The number of carbonyl (C=O) groups excluding carboxylic acids is 2. The summed E-state index contributed by atoms with van der Waals surface area (Å²) in [6, 6.07) is 5.91. The predicted octanol–water partition coefficient (Wildman–Crippen LogP) is 2.57. The highest BCUT2D eigenvalue weighted by atomic mass is 32.2. The van der Waals surface area contributed by atoms with Gasteiger partial charge in [-0.2, -0.15) is 0 Å². The summed E-state index contributed by atoms with van der Waals surface area (Å²) >= 11 is 0. The molecular formula is C21H33N3O5S. The monoisotopic (exact) mass is 439 g/mol. The molecule has 1 heterocycles. The first-order chi connectivity index (χ1) is 14.0. The van der Waals surface area contributed by atoms with Gasteiger partial charge in [0.05, 0.1) is 17.5 Å². The summed E-state index contributed by atoms with van der Waals surface area (Å²) in [5, 5.41) is 2.19. The third-order valence-electron chi connectivity index (χ3n) is 4.95. The Morgan fingerprint density at radius 1 is 1.13 bits per heavy atom. The molecular weight excluding hydrogens is 406 g/mol. The van der Waals surface area contributed by atoms with Crippen molar-refractivity contribution in [3.05, 3.63) is 23.8 Å². The van der Waals surface area contributed by atoms with Crippen LogP contribution in [0.2, 0.25) is 0 Å². The molecule has 0 spiro atoms. The molecule has 9 heteroatoms. The molecule has 2 atom stereocenters. The van der Waals surface area contributed by atoms with Crippen LogP contribution in [-0.2, 0) is 24.3 Å². The first-order valence-corrected chi connectivity index (χ1v) is 11.9. The fourth-order valence-corrected chi connectivity index (χ4v) is 3.98. The van der Waals surface area contributed by atoms with Gasteiger partial charge in [0.2, 0.25) is 21.8 Å². The van der Waals surface area contributed by atoms with E-state index in [0.29, 0.717) is 0 Å². The molecule has 2 amide bonds. The van der Waals surface area contributed by atoms with E-state index in [9.17, 15) is 18.0 Å². The Morgan fingerprint density at radius 2 is 1.73 bits per heavy atom. The Kier molecular flexibility index (Phi) is 8.25. The number of amides is 2. The molecule has 1 aromatic rings. The Labute approximate surface area is 179 Å². The number of morpholine rings is 1. The molecule has 30 heavy (non-hydrogen) atoms. The maximum atomic E-state index is 12.2. The van der Waals surface area contributed by atoms with E-state index in [0.717, 1.165) is 30.0 Å². The van der Waals surface area contributed by atoms with Crippen molar-refractivity contribution in [1.82, 2.24) is 4.72 Å². The van der Waals surface area contributed by atoms with Gasteiger partial charge in [-0.1, -0.05) is 0 Å². The number of sulfonamides is 1. The van der Waals surface area contributed by atoms with Crippen LogP contribution in [0.15, 0.2) is 18.2 Å². The van der Waals surface area contributed by atoms with Crippen LogP contribution in [0, 0.1) is 6.92 Å². The largest absolute Gasteiger partial charge is 0.372 e. The standard InChI is InChI=1S/C21H33N3O5S/c1-14(2)30(27,28)23-21(26)8-6-7-20(25)22-19-10-9-18(11-15(19)3)24-12-16(4)29-17(5)13-24/h9-11,14,16-17H,6-8,12-13H2,1-5H3,(H,22,25)(H,23,26)/t16-,17?/m0/s1. The van der Waals surface area contributed by atoms with E-state index in [1.807, 2.05) is 29.8 Å². The molecule has 1 fully saturated rings. The Morgan fingerprint density at radius 3 is 2.30 bits per heavy atom. The molecule has 1 aliphatic rings. The van der Waals surface area contributed by atoms with Crippen molar-refractivity contribution in [3.63, 3.8) is 0 Å². The summed E-state index contributed by atoms with van der Waals surface area (Å²) < 4.78 is 31.1. The molecule has 1 saturated heterocycles. The fourth-order valence-electron chi connectivity index (χ4n) is 3.32. The maximum absolute atomic E-state index is 12.2. The molecule has 168 valence electrons. The van der Waals surface area contributed by atoms with Crippen LogP contribution < -0.4 is 14.9 Å². The maximum Gasteiger partial charge on any atom is 0.237 e. The van der Waals surface area contributed by atoms with Crippen molar-refractivity contribution in [2.75, 3.05) is 23.3 Å². The van der Waals surface area contributed by atoms with E-state index in [1.54, 1.807) is 0 Å². The van der Waals surface area contributed by atoms with Crippen molar-refractivity contribution in [1.29, 1.82) is 0 Å². The molecule has 8 nitrogen and oxygen atoms in total. The molecule has 1 aromatic carbocycles. The highest BCUT2D eigenvalue weighted by Crippen LogP contribution is 2.25. The van der Waals surface area contributed by atoms with Crippen LogP contribution in [0.1, 0.15) is 52.5 Å². The van der Waals surface area contributed by atoms with E-state index < -0.39 is 21.2 Å². The van der Waals surface area contributed by atoms with Gasteiger partial charge in [0.1, 0.15) is 0 Å². The molecule has 2 N–H and O–H groups in total. The number of aryl methyl sites for hydroxylation is 1. The Bertz CT molecular complexity index is 859. The summed E-state index contributed by atoms with van der Waals surface area (Å²) in [5.74, 6) is -0.801. The number of anilines is 2. The minimum absolute atomic E-state index is 0.0231. The predicted molar refractivity (Wildman–Crippen MR) is 118 cm³/mol. The van der Waals surface area contributed by atoms with Gasteiger partial charge >= 0.3 is 0 Å². The molecule has 1 aliphatic heterocycles. The average molecular weight is 440 g/mol. The van der Waals surface area contributed by atoms with Crippen LogP contribution in [0.4, 0.5) is 11.4 Å². The Balaban J connectivity index is 1.85. The second-order valence-corrected chi connectivity index (χ2v) is 10.4. The van der Waals surface area contributed by atoms with Crippen molar-refractivity contribution in [2.45, 2.75) is 71.3 Å². The van der Waals surface area contributed by atoms with Gasteiger partial charge < -0.3 is 15.0 Å². The number of nitrogens with one attached hydrogen (secondary N) is 2. The average Bonchev–Trinajstić information content (AvgIpc) is 2.62. The van der Waals surface area contributed by atoms with Crippen LogP contribution in [0.3, 0.4) is 0 Å². The molecule has 0 aliphatic carbocycles. The van der Waals surface area contributed by atoms with Gasteiger partial charge in [-0.05, 0) is 64.8 Å². The van der Waals surface area contributed by atoms with Crippen LogP contribution in [-0.4, -0.2) is 50.8 Å². The Hall–Kier alpha value is -2.13. The quantitative estimate of drug-likeness (QED) is 0.645. The number of hydrogen-bond acceptors (Lipinski definition) is 6. The second-order valence-electron chi connectivity index (χ2n) is 8.18. The van der Waals surface area contributed by atoms with E-state index in [4.69, 9.17) is 4.74 Å². The molecule has 2 rings (SSSR count). The number of rotatable bonds is 8. The zero-order valence-electron chi connectivity index (χ0n) is 18.4. The van der Waals surface area contributed by atoms with Gasteiger partial charge in [-0.15, -0.1) is 0 Å². The summed E-state index contributed by atoms with van der Waals surface area (Å²) in [5.41, 5.74) is 2.77. The number of nitrogens with zero attached hydrogens (tertiary/aromatic N) is 1. The SMILES string of the molecule is Cc1cc(N2CC(C)O[C@@H](C)C2)ccc1NC(=O)CCCC(=O)NS(=O)(=O)C(C)C.